The molecule has 6 nitrogen and oxygen atoms in total. The Kier molecular flexibility index (Phi) is 7.53. The maximum atomic E-state index is 8.11. The van der Waals surface area contributed by atoms with Crippen LogP contribution in [0.3, 0.4) is 0 Å². The van der Waals surface area contributed by atoms with Crippen molar-refractivity contribution in [3.63, 3.8) is 0 Å². The summed E-state index contributed by atoms with van der Waals surface area (Å²) in [7, 11) is 0. The molecule has 0 saturated heterocycles. The Morgan fingerprint density at radius 2 is 1.32 bits per heavy atom. The molecule has 0 aliphatic carbocycles. The van der Waals surface area contributed by atoms with Crippen molar-refractivity contribution < 1.29 is 34.5 Å². The van der Waals surface area contributed by atoms with Crippen LogP contribution in [0.1, 0.15) is 4.11 Å². The zero-order valence-electron chi connectivity index (χ0n) is 34.3. The molecule has 0 unspecified atom stereocenters. The second kappa shape index (κ2) is 13.9. The summed E-state index contributed by atoms with van der Waals surface area (Å²) in [6, 6.07) is 64.8. The number of ether oxygens (including phenoxy) is 1. The molecule has 0 spiro atoms. The Morgan fingerprint density at radius 1 is 0.627 bits per heavy atom. The van der Waals surface area contributed by atoms with Gasteiger partial charge in [0.25, 0.3) is 6.71 Å². The second-order valence-electron chi connectivity index (χ2n) is 14.6. The molecule has 0 amide bonds. The van der Waals surface area contributed by atoms with E-state index in [0.29, 0.717) is 28.2 Å². The van der Waals surface area contributed by atoms with E-state index in [1.54, 1.807) is 10.6 Å². The Labute approximate surface area is 359 Å². The smallest absolute Gasteiger partial charge is 0.253 e. The second-order valence-corrected chi connectivity index (χ2v) is 14.6. The molecule has 12 rings (SSSR count). The number of fused-ring (bicyclic) bond motifs is 9. The van der Waals surface area contributed by atoms with Crippen LogP contribution in [0.4, 0.5) is 0 Å². The van der Waals surface area contributed by atoms with Gasteiger partial charge in [-0.25, -0.2) is 4.98 Å². The first-order valence-corrected chi connectivity index (χ1v) is 19.3. The van der Waals surface area contributed by atoms with E-state index in [1.165, 1.54) is 32.0 Å². The van der Waals surface area contributed by atoms with Gasteiger partial charge in [-0.15, -0.1) is 30.3 Å². The van der Waals surface area contributed by atoms with Crippen molar-refractivity contribution in [3.05, 3.63) is 195 Å². The minimum atomic E-state index is -2.40. The summed E-state index contributed by atoms with van der Waals surface area (Å²) in [5.41, 5.74) is 14.0. The summed E-state index contributed by atoms with van der Waals surface area (Å²) in [5, 5.41) is 1.18. The maximum absolute atomic E-state index is 8.11. The Balaban J connectivity index is 0.00000432. The molecule has 59 heavy (non-hydrogen) atoms. The number of pyridine rings is 1. The van der Waals surface area contributed by atoms with Crippen LogP contribution in [0.25, 0.3) is 72.4 Å². The topological polar surface area (TPSA) is 40.3 Å². The number of aromatic nitrogens is 5. The maximum Gasteiger partial charge on any atom is 0.253 e. The molecule has 0 atom stereocenters. The Morgan fingerprint density at radius 3 is 2.10 bits per heavy atom. The third kappa shape index (κ3) is 5.38. The number of benzene rings is 7. The molecule has 8 heteroatoms. The van der Waals surface area contributed by atoms with Crippen LogP contribution in [-0.4, -0.2) is 25.2 Å². The van der Waals surface area contributed by atoms with Crippen molar-refractivity contribution in [3.8, 4) is 45.3 Å². The molecular formula is C51H32BN5OPt-2. The minimum absolute atomic E-state index is 0. The Hall–Kier alpha value is -6.95. The number of hydrogen-bond donors (Lipinski definition) is 0. The van der Waals surface area contributed by atoms with Crippen LogP contribution in [0.2, 0.25) is 0 Å². The molecule has 1 aliphatic rings. The molecule has 5 heterocycles. The van der Waals surface area contributed by atoms with E-state index in [4.69, 9.17) is 13.8 Å². The summed E-state index contributed by atoms with van der Waals surface area (Å²) < 4.78 is 38.3. The van der Waals surface area contributed by atoms with E-state index in [0.717, 1.165) is 44.6 Å². The monoisotopic (exact) mass is 939 g/mol. The molecule has 0 bridgehead atoms. The van der Waals surface area contributed by atoms with Crippen molar-refractivity contribution in [1.82, 2.24) is 18.5 Å². The molecule has 0 fully saturated rings. The SMILES string of the molecule is [2H]C([2H])([2H])[n+]1[c-]n(-c2[c-]c(Oc3[c-]c4c(cc3)n3c5ccccc5c5c3n4-c3ncccc3B5c3c(-c4ccccc4)cccc3-c3ccccc3)ccc2)c2ccccc21.[Pt]. The summed E-state index contributed by atoms with van der Waals surface area (Å²) in [4.78, 5) is 5.15. The number of imidazole rings is 2. The van der Waals surface area contributed by atoms with Crippen molar-refractivity contribution in [2.24, 2.45) is 6.98 Å². The van der Waals surface area contributed by atoms with Crippen LogP contribution in [0.15, 0.2) is 176 Å². The molecular weight excluding hydrogens is 904 g/mol. The van der Waals surface area contributed by atoms with Gasteiger partial charge in [0, 0.05) is 44.3 Å². The number of rotatable bonds is 6. The fraction of sp³-hybridized carbons (Fsp3) is 0.0196. The van der Waals surface area contributed by atoms with E-state index in [2.05, 4.69) is 143 Å². The van der Waals surface area contributed by atoms with Crippen LogP contribution >= 0.6 is 0 Å². The first kappa shape index (κ1) is 32.1. The van der Waals surface area contributed by atoms with Crippen LogP contribution in [0.5, 0.6) is 11.5 Å². The zero-order valence-corrected chi connectivity index (χ0v) is 33.6. The summed E-state index contributed by atoms with van der Waals surface area (Å²) >= 11 is 0. The van der Waals surface area contributed by atoms with Gasteiger partial charge < -0.3 is 22.8 Å². The van der Waals surface area contributed by atoms with Gasteiger partial charge in [-0.3, -0.25) is 0 Å². The van der Waals surface area contributed by atoms with Crippen molar-refractivity contribution in [2.45, 2.75) is 0 Å². The molecule has 0 radical (unpaired) electrons. The fourth-order valence-electron chi connectivity index (χ4n) is 9.05. The zero-order chi connectivity index (χ0) is 40.8. The van der Waals surface area contributed by atoms with Crippen LogP contribution < -0.4 is 25.7 Å². The van der Waals surface area contributed by atoms with Gasteiger partial charge in [0.05, 0.1) is 22.1 Å². The number of aryl methyl sites for hydroxylation is 1. The molecule has 11 aromatic rings. The van der Waals surface area contributed by atoms with E-state index >= 15 is 0 Å². The third-order valence-corrected chi connectivity index (χ3v) is 11.4. The first-order valence-electron chi connectivity index (χ1n) is 20.8. The quantitative estimate of drug-likeness (QED) is 0.0954. The van der Waals surface area contributed by atoms with Gasteiger partial charge in [-0.2, -0.15) is 12.1 Å². The van der Waals surface area contributed by atoms with E-state index in [1.807, 2.05) is 54.7 Å². The van der Waals surface area contributed by atoms with Gasteiger partial charge in [0.15, 0.2) is 0 Å². The predicted octanol–water partition coefficient (Wildman–Crippen LogP) is 8.55. The minimum Gasteiger partial charge on any atom is -0.510 e. The summed E-state index contributed by atoms with van der Waals surface area (Å²) in [5.74, 6) is 1.79. The normalized spacial score (nSPS) is 12.9. The predicted molar refractivity (Wildman–Crippen MR) is 233 cm³/mol. The number of nitrogens with zero attached hydrogens (tertiary/aromatic N) is 5. The number of hydrogen-bond acceptors (Lipinski definition) is 2. The van der Waals surface area contributed by atoms with Gasteiger partial charge in [0.1, 0.15) is 11.5 Å². The standard InChI is InChI=1S/C51H32BN5O.Pt/c1-54-33-55(45-27-11-10-26-44(45)54)36-19-12-20-37(31-36)58-38-28-29-46-47(32-38)57-50-42(24-14-30-53-50)52(49-41-21-8-9-25-43(41)56(46)51(49)57)48-39(34-15-4-2-5-16-34)22-13-23-40(48)35-17-6-3-7-18-35;/h2-30H,1H3;/q-2;/i1D3;. The van der Waals surface area contributed by atoms with Gasteiger partial charge >= 0.3 is 0 Å². The average Bonchev–Trinajstić information content (AvgIpc) is 3.97. The van der Waals surface area contributed by atoms with Gasteiger partial charge in [0.2, 0.25) is 6.33 Å². The van der Waals surface area contributed by atoms with Crippen LogP contribution in [0, 0.1) is 18.5 Å². The van der Waals surface area contributed by atoms with Crippen LogP contribution in [-0.2, 0) is 28.0 Å². The molecule has 0 N–H and O–H groups in total. The molecule has 7 aromatic carbocycles. The third-order valence-electron chi connectivity index (χ3n) is 11.4. The largest absolute Gasteiger partial charge is 0.510 e. The van der Waals surface area contributed by atoms with Gasteiger partial charge in [-0.1, -0.05) is 139 Å². The van der Waals surface area contributed by atoms with E-state index in [-0.39, 0.29) is 27.8 Å². The molecule has 1 aliphatic heterocycles. The molecule has 282 valence electrons. The number of para-hydroxylation sites is 3. The Bertz CT molecular complexity index is 3470. The van der Waals surface area contributed by atoms with E-state index in [9.17, 15) is 0 Å². The molecule has 4 aromatic heterocycles. The van der Waals surface area contributed by atoms with E-state index < -0.39 is 6.98 Å². The molecule has 0 saturated carbocycles. The van der Waals surface area contributed by atoms with Crippen molar-refractivity contribution in [1.29, 1.82) is 0 Å². The summed E-state index contributed by atoms with van der Waals surface area (Å²) in [6.07, 6.45) is 4.89. The fourth-order valence-corrected chi connectivity index (χ4v) is 9.05. The van der Waals surface area contributed by atoms with Gasteiger partial charge in [-0.05, 0) is 61.7 Å². The summed E-state index contributed by atoms with van der Waals surface area (Å²) in [6.45, 7) is -2.57. The van der Waals surface area contributed by atoms with Crippen molar-refractivity contribution >= 4 is 61.7 Å². The van der Waals surface area contributed by atoms with Crippen molar-refractivity contribution in [2.75, 3.05) is 0 Å². The first-order chi connectivity index (χ1) is 29.9. The average molecular weight is 940 g/mol.